The molecule has 0 atom stereocenters. The maximum absolute atomic E-state index is 11.0. The smallest absolute Gasteiger partial charge is 0.335 e. The Bertz CT molecular complexity index is 951. The summed E-state index contributed by atoms with van der Waals surface area (Å²) in [6.45, 7) is 2.91. The zero-order chi connectivity index (χ0) is 21.4. The summed E-state index contributed by atoms with van der Waals surface area (Å²) in [6.07, 6.45) is 13.5. The number of hydrogen-bond donors (Lipinski definition) is 1. The van der Waals surface area contributed by atoms with Crippen LogP contribution in [0.5, 0.6) is 5.75 Å². The quantitative estimate of drug-likeness (QED) is 0.504. The maximum atomic E-state index is 11.0. The van der Waals surface area contributed by atoms with Gasteiger partial charge in [0.1, 0.15) is 5.75 Å². The van der Waals surface area contributed by atoms with Crippen molar-refractivity contribution in [2.45, 2.75) is 57.3 Å². The number of ether oxygens (including phenoxy) is 1. The second-order valence-corrected chi connectivity index (χ2v) is 10.1. The van der Waals surface area contributed by atoms with Crippen LogP contribution in [-0.2, 0) is 5.41 Å². The van der Waals surface area contributed by atoms with E-state index in [0.717, 1.165) is 47.7 Å². The molecule has 0 spiro atoms. The molecule has 2 aromatic carbocycles. The Labute approximate surface area is 185 Å². The fraction of sp³-hybridized carbons (Fsp3) is 0.464. The minimum absolute atomic E-state index is 0.312. The summed E-state index contributed by atoms with van der Waals surface area (Å²) in [7, 11) is 0. The van der Waals surface area contributed by atoms with Crippen LogP contribution in [0.1, 0.15) is 78.9 Å². The lowest BCUT2D eigenvalue weighted by Gasteiger charge is -2.57. The van der Waals surface area contributed by atoms with Gasteiger partial charge in [-0.1, -0.05) is 43.3 Å². The first-order valence-electron chi connectivity index (χ1n) is 11.8. The first kappa shape index (κ1) is 20.4. The van der Waals surface area contributed by atoms with E-state index in [9.17, 15) is 4.79 Å². The molecule has 6 rings (SSSR count). The molecular weight excluding hydrogens is 384 g/mol. The van der Waals surface area contributed by atoms with Crippen molar-refractivity contribution in [2.24, 2.45) is 17.8 Å². The monoisotopic (exact) mass is 416 g/mol. The normalized spacial score (nSPS) is 28.9. The summed E-state index contributed by atoms with van der Waals surface area (Å²) in [4.78, 5) is 11.0. The molecule has 4 fully saturated rings. The van der Waals surface area contributed by atoms with E-state index in [2.05, 4.69) is 31.2 Å². The molecule has 0 saturated heterocycles. The van der Waals surface area contributed by atoms with E-state index in [-0.39, 0.29) is 0 Å². The second kappa shape index (κ2) is 8.18. The molecule has 0 aliphatic heterocycles. The van der Waals surface area contributed by atoms with Crippen molar-refractivity contribution in [1.82, 2.24) is 0 Å². The van der Waals surface area contributed by atoms with Gasteiger partial charge in [-0.15, -0.1) is 0 Å². The summed E-state index contributed by atoms with van der Waals surface area (Å²) >= 11 is 0. The van der Waals surface area contributed by atoms with Gasteiger partial charge in [0.25, 0.3) is 0 Å². The van der Waals surface area contributed by atoms with Crippen LogP contribution in [0.25, 0.3) is 12.2 Å². The third kappa shape index (κ3) is 4.03. The minimum Gasteiger partial charge on any atom is -0.493 e. The Balaban J connectivity index is 1.42. The highest BCUT2D eigenvalue weighted by molar-refractivity contribution is 5.88. The molecule has 4 bridgehead atoms. The third-order valence-corrected chi connectivity index (χ3v) is 7.70. The number of hydrogen-bond acceptors (Lipinski definition) is 2. The third-order valence-electron chi connectivity index (χ3n) is 7.70. The number of carbonyl (C=O) groups is 1. The van der Waals surface area contributed by atoms with Crippen LogP contribution in [0.2, 0.25) is 0 Å². The molecule has 4 saturated carbocycles. The van der Waals surface area contributed by atoms with Gasteiger partial charge in [0.05, 0.1) is 12.2 Å². The van der Waals surface area contributed by atoms with Crippen LogP contribution < -0.4 is 4.74 Å². The molecule has 3 heteroatoms. The lowest BCUT2D eigenvalue weighted by molar-refractivity contribution is -0.00638. The van der Waals surface area contributed by atoms with E-state index in [1.807, 2.05) is 18.2 Å². The van der Waals surface area contributed by atoms with E-state index < -0.39 is 5.97 Å². The Morgan fingerprint density at radius 2 is 1.55 bits per heavy atom. The molecule has 0 aromatic heterocycles. The summed E-state index contributed by atoms with van der Waals surface area (Å²) < 4.78 is 6.31. The van der Waals surface area contributed by atoms with Gasteiger partial charge < -0.3 is 9.84 Å². The molecule has 3 nitrogen and oxygen atoms in total. The highest BCUT2D eigenvalue weighted by Gasteiger charge is 2.52. The number of rotatable bonds is 7. The first-order valence-corrected chi connectivity index (χ1v) is 11.8. The van der Waals surface area contributed by atoms with Gasteiger partial charge in [-0.3, -0.25) is 0 Å². The lowest BCUT2D eigenvalue weighted by Crippen LogP contribution is -2.48. The molecule has 1 N–H and O–H groups in total. The lowest BCUT2D eigenvalue weighted by atomic mass is 9.48. The van der Waals surface area contributed by atoms with Gasteiger partial charge in [-0.25, -0.2) is 4.79 Å². The fourth-order valence-corrected chi connectivity index (χ4v) is 6.78. The Hall–Kier alpha value is -2.55. The maximum Gasteiger partial charge on any atom is 0.335 e. The van der Waals surface area contributed by atoms with Crippen molar-refractivity contribution in [3.05, 3.63) is 64.7 Å². The average molecular weight is 417 g/mol. The summed E-state index contributed by atoms with van der Waals surface area (Å²) in [5.74, 6) is 2.93. The van der Waals surface area contributed by atoms with Gasteiger partial charge in [0.15, 0.2) is 0 Å². The first-order chi connectivity index (χ1) is 15.0. The Morgan fingerprint density at radius 3 is 2.13 bits per heavy atom. The van der Waals surface area contributed by atoms with Gasteiger partial charge in [0.2, 0.25) is 0 Å². The van der Waals surface area contributed by atoms with Crippen LogP contribution in [0.15, 0.2) is 42.5 Å². The highest BCUT2D eigenvalue weighted by Crippen LogP contribution is 2.61. The van der Waals surface area contributed by atoms with Crippen molar-refractivity contribution in [2.75, 3.05) is 6.61 Å². The molecule has 0 amide bonds. The van der Waals surface area contributed by atoms with E-state index in [4.69, 9.17) is 9.84 Å². The van der Waals surface area contributed by atoms with Crippen molar-refractivity contribution in [3.63, 3.8) is 0 Å². The molecule has 0 heterocycles. The zero-order valence-corrected chi connectivity index (χ0v) is 18.3. The van der Waals surface area contributed by atoms with E-state index in [1.54, 1.807) is 12.1 Å². The minimum atomic E-state index is -0.895. The second-order valence-electron chi connectivity index (χ2n) is 10.1. The summed E-state index contributed by atoms with van der Waals surface area (Å²) in [5, 5.41) is 9.07. The number of benzene rings is 2. The van der Waals surface area contributed by atoms with E-state index >= 15 is 0 Å². The van der Waals surface area contributed by atoms with E-state index in [1.165, 1.54) is 44.1 Å². The topological polar surface area (TPSA) is 46.5 Å². The molecule has 2 aromatic rings. The van der Waals surface area contributed by atoms with Crippen LogP contribution in [0, 0.1) is 17.8 Å². The molecule has 0 radical (unpaired) electrons. The predicted octanol–water partition coefficient (Wildman–Crippen LogP) is 6.81. The molecule has 162 valence electrons. The molecule has 4 aliphatic rings. The number of carboxylic acids is 1. The van der Waals surface area contributed by atoms with Crippen LogP contribution in [0.4, 0.5) is 0 Å². The molecule has 4 aliphatic carbocycles. The van der Waals surface area contributed by atoms with Crippen LogP contribution >= 0.6 is 0 Å². The summed E-state index contributed by atoms with van der Waals surface area (Å²) in [6, 6.07) is 13.8. The van der Waals surface area contributed by atoms with Crippen molar-refractivity contribution in [1.29, 1.82) is 0 Å². The Morgan fingerprint density at radius 1 is 0.968 bits per heavy atom. The van der Waals surface area contributed by atoms with Crippen molar-refractivity contribution in [3.8, 4) is 5.75 Å². The van der Waals surface area contributed by atoms with Crippen molar-refractivity contribution >= 4 is 18.1 Å². The highest BCUT2D eigenvalue weighted by atomic mass is 16.5. The van der Waals surface area contributed by atoms with E-state index in [0.29, 0.717) is 11.0 Å². The largest absolute Gasteiger partial charge is 0.493 e. The predicted molar refractivity (Wildman–Crippen MR) is 124 cm³/mol. The van der Waals surface area contributed by atoms with Crippen LogP contribution in [-0.4, -0.2) is 17.7 Å². The standard InChI is InChI=1S/C28H32O3/c1-2-11-31-26-15-20(4-3-19-5-8-24(9-6-19)27(29)30)7-10-25(26)28-16-21-12-22(17-28)14-23(13-21)18-28/h3-10,15,21-23H,2,11-14,16-18H2,1H3,(H,29,30). The molecule has 0 unspecified atom stereocenters. The fourth-order valence-electron chi connectivity index (χ4n) is 6.78. The number of carboxylic acid groups (broad SMARTS) is 1. The molecule has 31 heavy (non-hydrogen) atoms. The zero-order valence-electron chi connectivity index (χ0n) is 18.3. The van der Waals surface area contributed by atoms with Crippen LogP contribution in [0.3, 0.4) is 0 Å². The Kier molecular flexibility index (Phi) is 5.37. The summed E-state index contributed by atoms with van der Waals surface area (Å²) in [5.41, 5.74) is 4.20. The average Bonchev–Trinajstić information content (AvgIpc) is 2.75. The SMILES string of the molecule is CCCOc1cc(C=Cc2ccc(C(=O)O)cc2)ccc1C12CC3CC(CC(C3)C1)C2. The number of aromatic carboxylic acids is 1. The van der Waals surface area contributed by atoms with Crippen molar-refractivity contribution < 1.29 is 14.6 Å². The molecular formula is C28H32O3. The van der Waals surface area contributed by atoms with Gasteiger partial charge in [0, 0.05) is 5.56 Å². The van der Waals surface area contributed by atoms with Gasteiger partial charge >= 0.3 is 5.97 Å². The van der Waals surface area contributed by atoms with Gasteiger partial charge in [-0.2, -0.15) is 0 Å². The van der Waals surface area contributed by atoms with Gasteiger partial charge in [-0.05, 0) is 97.4 Å².